The van der Waals surface area contributed by atoms with Gasteiger partial charge in [-0.15, -0.1) is 11.8 Å². The van der Waals surface area contributed by atoms with Crippen LogP contribution in [0.1, 0.15) is 43.5 Å². The molecule has 7 nitrogen and oxygen atoms in total. The molecule has 0 aromatic heterocycles. The molecule has 0 aliphatic carbocycles. The van der Waals surface area contributed by atoms with Crippen LogP contribution in [0, 0.1) is 10.1 Å². The van der Waals surface area contributed by atoms with E-state index in [1.54, 1.807) is 0 Å². The number of carboxylic acid groups (broad SMARTS) is 1. The number of nitrogens with zero attached hydrogens (tertiary/aromatic N) is 1. The molecule has 1 aromatic carbocycles. The number of nitro benzene ring substituents is 1. The van der Waals surface area contributed by atoms with Crippen LogP contribution in [0.3, 0.4) is 0 Å². The fraction of sp³-hybridized carbons (Fsp3) is 0.467. The predicted octanol–water partition coefficient (Wildman–Crippen LogP) is 3.08. The first-order valence-electron chi connectivity index (χ1n) is 7.35. The second-order valence-electron chi connectivity index (χ2n) is 4.88. The smallest absolute Gasteiger partial charge is 0.326 e. The molecule has 0 fully saturated rings. The maximum atomic E-state index is 12.4. The Labute approximate surface area is 138 Å². The summed E-state index contributed by atoms with van der Waals surface area (Å²) >= 11 is 1.37. The maximum Gasteiger partial charge on any atom is 0.326 e. The third-order valence-electron chi connectivity index (χ3n) is 3.17. The Balaban J connectivity index is 3.05. The van der Waals surface area contributed by atoms with Gasteiger partial charge in [-0.2, -0.15) is 0 Å². The number of hydrogen-bond acceptors (Lipinski definition) is 5. The van der Waals surface area contributed by atoms with Crippen molar-refractivity contribution in [3.63, 3.8) is 0 Å². The van der Waals surface area contributed by atoms with Crippen LogP contribution in [0.4, 0.5) is 5.69 Å². The number of nitro groups is 1. The van der Waals surface area contributed by atoms with E-state index in [4.69, 9.17) is 0 Å². The zero-order valence-electron chi connectivity index (χ0n) is 13.1. The number of nitrogens with one attached hydrogen (secondary N) is 1. The highest BCUT2D eigenvalue weighted by Gasteiger charge is 2.23. The first kappa shape index (κ1) is 19.0. The molecule has 2 N–H and O–H groups in total. The van der Waals surface area contributed by atoms with Crippen molar-refractivity contribution in [1.29, 1.82) is 0 Å². The van der Waals surface area contributed by atoms with Crippen molar-refractivity contribution in [3.8, 4) is 0 Å². The molecule has 0 spiro atoms. The molecule has 0 aliphatic rings. The van der Waals surface area contributed by atoms with Crippen LogP contribution in [0.5, 0.6) is 0 Å². The van der Waals surface area contributed by atoms with E-state index in [-0.39, 0.29) is 11.3 Å². The Morgan fingerprint density at radius 1 is 1.39 bits per heavy atom. The molecule has 1 amide bonds. The van der Waals surface area contributed by atoms with Crippen LogP contribution in [-0.2, 0) is 4.79 Å². The highest BCUT2D eigenvalue weighted by molar-refractivity contribution is 7.99. The Kier molecular flexibility index (Phi) is 7.53. The number of carbonyl (C=O) groups is 2. The van der Waals surface area contributed by atoms with Crippen LogP contribution >= 0.6 is 11.8 Å². The largest absolute Gasteiger partial charge is 0.480 e. The zero-order chi connectivity index (χ0) is 17.4. The summed E-state index contributed by atoms with van der Waals surface area (Å²) in [6, 6.07) is 3.04. The van der Waals surface area contributed by atoms with Crippen molar-refractivity contribution in [2.24, 2.45) is 0 Å². The molecule has 0 saturated heterocycles. The SMILES string of the molecule is CCCC[C@H](NC(=O)c1cc([N+](=O)[O-])ccc1SCC)C(=O)O. The lowest BCUT2D eigenvalue weighted by Gasteiger charge is -2.15. The summed E-state index contributed by atoms with van der Waals surface area (Å²) < 4.78 is 0. The summed E-state index contributed by atoms with van der Waals surface area (Å²) in [6.45, 7) is 3.83. The number of carbonyl (C=O) groups excluding carboxylic acids is 1. The summed E-state index contributed by atoms with van der Waals surface area (Å²) in [5.41, 5.74) is -0.0650. The molecule has 0 aliphatic heterocycles. The first-order valence-corrected chi connectivity index (χ1v) is 8.34. The van der Waals surface area contributed by atoms with Crippen molar-refractivity contribution < 1.29 is 19.6 Å². The molecule has 1 rings (SSSR count). The van der Waals surface area contributed by atoms with E-state index in [0.717, 1.165) is 6.42 Å². The van der Waals surface area contributed by atoms with Crippen molar-refractivity contribution in [2.75, 3.05) is 5.75 Å². The minimum atomic E-state index is -1.11. The lowest BCUT2D eigenvalue weighted by Crippen LogP contribution is -2.40. The highest BCUT2D eigenvalue weighted by atomic mass is 32.2. The number of benzene rings is 1. The lowest BCUT2D eigenvalue weighted by atomic mass is 10.1. The fourth-order valence-electron chi connectivity index (χ4n) is 1.99. The highest BCUT2D eigenvalue weighted by Crippen LogP contribution is 2.26. The molecule has 0 unspecified atom stereocenters. The number of non-ortho nitro benzene ring substituents is 1. The van der Waals surface area contributed by atoms with Crippen molar-refractivity contribution in [1.82, 2.24) is 5.32 Å². The summed E-state index contributed by atoms with van der Waals surface area (Å²) in [6.07, 6.45) is 1.80. The third-order valence-corrected chi connectivity index (χ3v) is 4.12. The van der Waals surface area contributed by atoms with Gasteiger partial charge in [0.2, 0.25) is 0 Å². The van der Waals surface area contributed by atoms with E-state index >= 15 is 0 Å². The van der Waals surface area contributed by atoms with Gasteiger partial charge in [-0.3, -0.25) is 14.9 Å². The van der Waals surface area contributed by atoms with Crippen LogP contribution in [0.25, 0.3) is 0 Å². The molecule has 0 heterocycles. The normalized spacial score (nSPS) is 11.7. The van der Waals surface area contributed by atoms with E-state index in [2.05, 4.69) is 5.32 Å². The summed E-state index contributed by atoms with van der Waals surface area (Å²) in [5, 5.41) is 22.5. The fourth-order valence-corrected chi connectivity index (χ4v) is 2.77. The van der Waals surface area contributed by atoms with Crippen LogP contribution in [0.2, 0.25) is 0 Å². The average molecular weight is 340 g/mol. The lowest BCUT2D eigenvalue weighted by molar-refractivity contribution is -0.384. The second kappa shape index (κ2) is 9.14. The van der Waals surface area contributed by atoms with Gasteiger partial charge in [0, 0.05) is 17.0 Å². The van der Waals surface area contributed by atoms with Gasteiger partial charge in [-0.25, -0.2) is 4.79 Å². The molecular formula is C15H20N2O5S. The molecular weight excluding hydrogens is 320 g/mol. The van der Waals surface area contributed by atoms with Gasteiger partial charge in [0.1, 0.15) is 6.04 Å². The number of thioether (sulfide) groups is 1. The number of amides is 1. The topological polar surface area (TPSA) is 110 Å². The monoisotopic (exact) mass is 340 g/mol. The van der Waals surface area contributed by atoms with E-state index in [9.17, 15) is 24.8 Å². The molecule has 0 bridgehead atoms. The molecule has 23 heavy (non-hydrogen) atoms. The number of unbranched alkanes of at least 4 members (excludes halogenated alkanes) is 1. The van der Waals surface area contributed by atoms with Gasteiger partial charge in [0.05, 0.1) is 10.5 Å². The molecule has 1 aromatic rings. The molecule has 0 saturated carbocycles. The summed E-state index contributed by atoms with van der Waals surface area (Å²) in [5.74, 6) is -1.02. The van der Waals surface area contributed by atoms with E-state index in [0.29, 0.717) is 23.5 Å². The first-order chi connectivity index (χ1) is 10.9. The number of aliphatic carboxylic acids is 1. The van der Waals surface area contributed by atoms with Crippen LogP contribution in [0.15, 0.2) is 23.1 Å². The van der Waals surface area contributed by atoms with Gasteiger partial charge >= 0.3 is 5.97 Å². The zero-order valence-corrected chi connectivity index (χ0v) is 13.9. The number of rotatable bonds is 9. The van der Waals surface area contributed by atoms with E-state index < -0.39 is 22.8 Å². The molecule has 0 radical (unpaired) electrons. The Bertz CT molecular complexity index is 591. The second-order valence-corrected chi connectivity index (χ2v) is 6.18. The van der Waals surface area contributed by atoms with Crippen LogP contribution in [-0.4, -0.2) is 33.7 Å². The Morgan fingerprint density at radius 3 is 2.61 bits per heavy atom. The minimum Gasteiger partial charge on any atom is -0.480 e. The van der Waals surface area contributed by atoms with Crippen molar-refractivity contribution in [2.45, 2.75) is 44.0 Å². The molecule has 126 valence electrons. The van der Waals surface area contributed by atoms with E-state index in [1.165, 1.54) is 30.0 Å². The van der Waals surface area contributed by atoms with Gasteiger partial charge in [-0.05, 0) is 18.2 Å². The van der Waals surface area contributed by atoms with Gasteiger partial charge in [0.25, 0.3) is 11.6 Å². The Morgan fingerprint density at radius 2 is 2.09 bits per heavy atom. The number of hydrogen-bond donors (Lipinski definition) is 2. The van der Waals surface area contributed by atoms with Gasteiger partial charge in [-0.1, -0.05) is 26.7 Å². The minimum absolute atomic E-state index is 0.133. The summed E-state index contributed by atoms with van der Waals surface area (Å²) in [4.78, 5) is 34.5. The molecule has 1 atom stereocenters. The van der Waals surface area contributed by atoms with Crippen molar-refractivity contribution >= 4 is 29.3 Å². The van der Waals surface area contributed by atoms with E-state index in [1.807, 2.05) is 13.8 Å². The van der Waals surface area contributed by atoms with Gasteiger partial charge < -0.3 is 10.4 Å². The van der Waals surface area contributed by atoms with Crippen LogP contribution < -0.4 is 5.32 Å². The van der Waals surface area contributed by atoms with Gasteiger partial charge in [0.15, 0.2) is 0 Å². The predicted molar refractivity (Wildman–Crippen MR) is 87.9 cm³/mol. The third kappa shape index (κ3) is 5.55. The average Bonchev–Trinajstić information content (AvgIpc) is 2.51. The quantitative estimate of drug-likeness (QED) is 0.406. The number of carboxylic acids is 1. The molecule has 8 heteroatoms. The Hall–Kier alpha value is -2.09. The summed E-state index contributed by atoms with van der Waals surface area (Å²) in [7, 11) is 0. The van der Waals surface area contributed by atoms with Crippen molar-refractivity contribution in [3.05, 3.63) is 33.9 Å². The standard InChI is InChI=1S/C15H20N2O5S/c1-3-5-6-12(15(19)20)16-14(18)11-9-10(17(21)22)7-8-13(11)23-4-2/h7-9,12H,3-6H2,1-2H3,(H,16,18)(H,19,20)/t12-/m0/s1. The maximum absolute atomic E-state index is 12.4.